The maximum absolute atomic E-state index is 12.6. The lowest BCUT2D eigenvalue weighted by molar-refractivity contribution is -0.123. The fourth-order valence-corrected chi connectivity index (χ4v) is 4.35. The molecule has 2 aromatic rings. The van der Waals surface area contributed by atoms with E-state index in [1.165, 1.54) is 4.90 Å². The van der Waals surface area contributed by atoms with Gasteiger partial charge >= 0.3 is 0 Å². The first kappa shape index (κ1) is 20.0. The van der Waals surface area contributed by atoms with Crippen LogP contribution in [0, 0.1) is 26.7 Å². The summed E-state index contributed by atoms with van der Waals surface area (Å²) in [4.78, 5) is 26.6. The fraction of sp³-hybridized carbons (Fsp3) is 0.333. The van der Waals surface area contributed by atoms with E-state index in [1.807, 2.05) is 39.8 Å². The van der Waals surface area contributed by atoms with Gasteiger partial charge in [0.2, 0.25) is 0 Å². The third-order valence-electron chi connectivity index (χ3n) is 4.58. The molecule has 0 aliphatic carbocycles. The highest BCUT2D eigenvalue weighted by Gasteiger charge is 2.35. The molecular formula is C21H23BrN2O2S. The van der Waals surface area contributed by atoms with Crippen molar-refractivity contribution in [3.05, 3.63) is 56.2 Å². The summed E-state index contributed by atoms with van der Waals surface area (Å²) in [6.07, 6.45) is 1.84. The van der Waals surface area contributed by atoms with E-state index in [0.29, 0.717) is 11.4 Å². The first-order valence-corrected chi connectivity index (χ1v) is 10.5. The van der Waals surface area contributed by atoms with E-state index in [9.17, 15) is 9.59 Å². The van der Waals surface area contributed by atoms with Gasteiger partial charge < -0.3 is 4.57 Å². The highest BCUT2D eigenvalue weighted by atomic mass is 79.9. The van der Waals surface area contributed by atoms with Crippen LogP contribution >= 0.6 is 27.7 Å². The van der Waals surface area contributed by atoms with Gasteiger partial charge in [-0.1, -0.05) is 29.8 Å². The quantitative estimate of drug-likeness (QED) is 0.552. The lowest BCUT2D eigenvalue weighted by Gasteiger charge is -2.14. The molecular weight excluding hydrogens is 424 g/mol. The number of hydrogen-bond acceptors (Lipinski definition) is 3. The molecule has 1 fully saturated rings. The van der Waals surface area contributed by atoms with Crippen molar-refractivity contribution >= 4 is 44.9 Å². The number of carbonyl (C=O) groups excluding carboxylic acids is 2. The number of imide groups is 1. The minimum Gasteiger partial charge on any atom is -0.318 e. The molecule has 1 aromatic heterocycles. The number of carbonyl (C=O) groups is 2. The van der Waals surface area contributed by atoms with Crippen LogP contribution in [0.25, 0.3) is 11.8 Å². The largest absolute Gasteiger partial charge is 0.318 e. The molecule has 6 heteroatoms. The highest BCUT2D eigenvalue weighted by molar-refractivity contribution is 9.10. The van der Waals surface area contributed by atoms with Crippen molar-refractivity contribution in [2.24, 2.45) is 5.92 Å². The molecule has 0 bridgehead atoms. The Hall–Kier alpha value is -1.79. The molecule has 4 nitrogen and oxygen atoms in total. The van der Waals surface area contributed by atoms with Crippen molar-refractivity contribution in [1.29, 1.82) is 0 Å². The normalized spacial score (nSPS) is 16.3. The van der Waals surface area contributed by atoms with Crippen LogP contribution < -0.4 is 0 Å². The molecule has 2 heterocycles. The second-order valence-electron chi connectivity index (χ2n) is 7.28. The lowest BCUT2D eigenvalue weighted by atomic mass is 10.2. The molecule has 0 radical (unpaired) electrons. The molecule has 0 unspecified atom stereocenters. The van der Waals surface area contributed by atoms with Crippen molar-refractivity contribution in [3.63, 3.8) is 0 Å². The molecule has 1 saturated heterocycles. The number of thioether (sulfide) groups is 1. The van der Waals surface area contributed by atoms with Gasteiger partial charge in [-0.05, 0) is 79.9 Å². The smallest absolute Gasteiger partial charge is 0.293 e. The highest BCUT2D eigenvalue weighted by Crippen LogP contribution is 2.34. The number of aryl methyl sites for hydroxylation is 2. The number of halogens is 1. The van der Waals surface area contributed by atoms with E-state index in [4.69, 9.17) is 0 Å². The van der Waals surface area contributed by atoms with Gasteiger partial charge in [0.05, 0.1) is 4.91 Å². The van der Waals surface area contributed by atoms with E-state index < -0.39 is 0 Å². The van der Waals surface area contributed by atoms with Gasteiger partial charge in [0.15, 0.2) is 0 Å². The van der Waals surface area contributed by atoms with Crippen molar-refractivity contribution in [1.82, 2.24) is 9.47 Å². The predicted octanol–water partition coefficient (Wildman–Crippen LogP) is 5.86. The Kier molecular flexibility index (Phi) is 5.68. The molecule has 1 aromatic carbocycles. The minimum absolute atomic E-state index is 0.183. The van der Waals surface area contributed by atoms with Crippen LogP contribution in [0.15, 0.2) is 33.6 Å². The number of aromatic nitrogens is 1. The van der Waals surface area contributed by atoms with E-state index in [2.05, 4.69) is 45.6 Å². The summed E-state index contributed by atoms with van der Waals surface area (Å²) in [6.45, 7) is 10.6. The first-order chi connectivity index (χ1) is 12.7. The average Bonchev–Trinajstić information content (AvgIpc) is 3.01. The predicted molar refractivity (Wildman–Crippen MR) is 115 cm³/mol. The number of amides is 2. The van der Waals surface area contributed by atoms with Crippen LogP contribution in [-0.4, -0.2) is 27.2 Å². The summed E-state index contributed by atoms with van der Waals surface area (Å²) in [5.74, 6) is 0.0616. The zero-order valence-electron chi connectivity index (χ0n) is 16.2. The van der Waals surface area contributed by atoms with Gasteiger partial charge in [-0.2, -0.15) is 0 Å². The van der Waals surface area contributed by atoms with Crippen molar-refractivity contribution in [3.8, 4) is 5.69 Å². The van der Waals surface area contributed by atoms with Gasteiger partial charge in [0.25, 0.3) is 11.1 Å². The third kappa shape index (κ3) is 3.92. The molecule has 2 amide bonds. The second kappa shape index (κ2) is 7.68. The molecule has 0 N–H and O–H groups in total. The van der Waals surface area contributed by atoms with Crippen molar-refractivity contribution < 1.29 is 9.59 Å². The number of benzene rings is 1. The Morgan fingerprint density at radius 1 is 1.15 bits per heavy atom. The first-order valence-electron chi connectivity index (χ1n) is 8.90. The number of hydrogen-bond donors (Lipinski definition) is 0. The topological polar surface area (TPSA) is 42.3 Å². The van der Waals surface area contributed by atoms with Crippen LogP contribution in [0.5, 0.6) is 0 Å². The molecule has 142 valence electrons. The SMILES string of the molecule is Cc1cc(-n2c(C)cc(/C=C3\SC(=O)N(CC(C)C)C3=O)c2C)ccc1Br. The second-order valence-corrected chi connectivity index (χ2v) is 9.13. The maximum atomic E-state index is 12.6. The summed E-state index contributed by atoms with van der Waals surface area (Å²) in [5, 5.41) is -0.183. The Morgan fingerprint density at radius 3 is 2.48 bits per heavy atom. The van der Waals surface area contributed by atoms with Crippen LogP contribution in [0.2, 0.25) is 0 Å². The Labute approximate surface area is 172 Å². The standard InChI is InChI=1S/C21H23BrN2O2S/c1-12(2)11-23-20(25)19(27-21(23)26)10-16-9-14(4)24(15(16)5)17-6-7-18(22)13(3)8-17/h6-10,12H,11H2,1-5H3/b19-10-. The molecule has 27 heavy (non-hydrogen) atoms. The zero-order valence-corrected chi connectivity index (χ0v) is 18.6. The van der Waals surface area contributed by atoms with Gasteiger partial charge in [0.1, 0.15) is 0 Å². The lowest BCUT2D eigenvalue weighted by Crippen LogP contribution is -2.31. The van der Waals surface area contributed by atoms with Crippen LogP contribution in [0.3, 0.4) is 0 Å². The van der Waals surface area contributed by atoms with Gasteiger partial charge in [-0.25, -0.2) is 0 Å². The number of nitrogens with zero attached hydrogens (tertiary/aromatic N) is 2. The molecule has 0 atom stereocenters. The monoisotopic (exact) mass is 446 g/mol. The molecule has 0 saturated carbocycles. The number of rotatable bonds is 4. The maximum Gasteiger partial charge on any atom is 0.293 e. The van der Waals surface area contributed by atoms with Crippen LogP contribution in [-0.2, 0) is 4.79 Å². The molecule has 1 aliphatic heterocycles. The van der Waals surface area contributed by atoms with Gasteiger partial charge in [-0.3, -0.25) is 14.5 Å². The van der Waals surface area contributed by atoms with Gasteiger partial charge in [0, 0.05) is 28.1 Å². The fourth-order valence-electron chi connectivity index (χ4n) is 3.26. The molecule has 3 rings (SSSR count). The average molecular weight is 447 g/mol. The molecule has 0 spiro atoms. The summed E-state index contributed by atoms with van der Waals surface area (Å²) in [5.41, 5.74) is 5.34. The van der Waals surface area contributed by atoms with Crippen LogP contribution in [0.4, 0.5) is 4.79 Å². The van der Waals surface area contributed by atoms with E-state index in [0.717, 1.165) is 44.4 Å². The van der Waals surface area contributed by atoms with Gasteiger partial charge in [-0.15, -0.1) is 0 Å². The summed E-state index contributed by atoms with van der Waals surface area (Å²) < 4.78 is 3.25. The third-order valence-corrected chi connectivity index (χ3v) is 6.38. The van der Waals surface area contributed by atoms with E-state index in [-0.39, 0.29) is 17.1 Å². The minimum atomic E-state index is -0.192. The van der Waals surface area contributed by atoms with Crippen LogP contribution in [0.1, 0.15) is 36.4 Å². The van der Waals surface area contributed by atoms with Crippen molar-refractivity contribution in [2.45, 2.75) is 34.6 Å². The Balaban J connectivity index is 1.97. The molecule has 1 aliphatic rings. The van der Waals surface area contributed by atoms with E-state index in [1.54, 1.807) is 0 Å². The van der Waals surface area contributed by atoms with E-state index >= 15 is 0 Å². The zero-order chi connectivity index (χ0) is 19.9. The van der Waals surface area contributed by atoms with Crippen molar-refractivity contribution in [2.75, 3.05) is 6.54 Å². The summed E-state index contributed by atoms with van der Waals surface area (Å²) in [7, 11) is 0. The summed E-state index contributed by atoms with van der Waals surface area (Å²) in [6, 6.07) is 8.30. The summed E-state index contributed by atoms with van der Waals surface area (Å²) >= 11 is 4.57. The Morgan fingerprint density at radius 2 is 1.85 bits per heavy atom. The Bertz CT molecular complexity index is 959.